The number of fused-ring (bicyclic) bond motifs is 1. The van der Waals surface area contributed by atoms with E-state index in [1.807, 2.05) is 18.2 Å². The van der Waals surface area contributed by atoms with Crippen molar-refractivity contribution in [3.8, 4) is 11.1 Å². The van der Waals surface area contributed by atoms with Gasteiger partial charge in [0.1, 0.15) is 17.7 Å². The number of aliphatic hydroxyl groups is 1. The van der Waals surface area contributed by atoms with Gasteiger partial charge in [-0.2, -0.15) is 0 Å². The van der Waals surface area contributed by atoms with Gasteiger partial charge in [0.15, 0.2) is 0 Å². The zero-order valence-corrected chi connectivity index (χ0v) is 16.3. The van der Waals surface area contributed by atoms with Crippen LogP contribution in [-0.4, -0.2) is 21.7 Å². The molecule has 1 aliphatic heterocycles. The Morgan fingerprint density at radius 1 is 1.17 bits per heavy atom. The molecular weight excluding hydrogens is 369 g/mol. The average Bonchev–Trinajstić information content (AvgIpc) is 3.00. The maximum Gasteiger partial charge on any atom is 0.334 e. The fourth-order valence-electron chi connectivity index (χ4n) is 3.85. The van der Waals surface area contributed by atoms with Crippen LogP contribution in [0.5, 0.6) is 0 Å². The number of hydrogen-bond donors (Lipinski definition) is 1. The molecule has 2 aromatic carbocycles. The molecule has 4 nitrogen and oxygen atoms in total. The van der Waals surface area contributed by atoms with Crippen LogP contribution in [0.1, 0.15) is 32.0 Å². The number of ether oxygens (including phenoxy) is 1. The van der Waals surface area contributed by atoms with E-state index in [9.17, 15) is 14.3 Å². The standard InChI is InChI=1S/C24H22FNO3/c1-15(2)26-21-6-4-3-5-20(21)24(16-7-9-17(25)10-8-16)22(26)12-11-19-13-18(27)14-23(28)29-19/h3-12,14-15,19,27H,13H2,1-2H3/b12-11+/t19-/m0/s1. The lowest BCUT2D eigenvalue weighted by molar-refractivity contribution is -0.142. The molecule has 0 unspecified atom stereocenters. The minimum Gasteiger partial charge on any atom is -0.512 e. The summed E-state index contributed by atoms with van der Waals surface area (Å²) in [6.07, 6.45) is 4.53. The largest absolute Gasteiger partial charge is 0.512 e. The van der Waals surface area contributed by atoms with Crippen LogP contribution in [0.15, 0.2) is 66.4 Å². The van der Waals surface area contributed by atoms with Crippen molar-refractivity contribution in [3.05, 3.63) is 78.0 Å². The second kappa shape index (κ2) is 7.59. The third-order valence-corrected chi connectivity index (χ3v) is 5.03. The Hall–Kier alpha value is -3.34. The molecule has 0 amide bonds. The van der Waals surface area contributed by atoms with E-state index in [0.29, 0.717) is 0 Å². The predicted octanol–water partition coefficient (Wildman–Crippen LogP) is 5.80. The molecule has 1 atom stereocenters. The summed E-state index contributed by atoms with van der Waals surface area (Å²) in [5, 5.41) is 10.8. The Morgan fingerprint density at radius 3 is 2.59 bits per heavy atom. The van der Waals surface area contributed by atoms with Gasteiger partial charge in [-0.15, -0.1) is 0 Å². The first-order valence-corrected chi connectivity index (χ1v) is 9.61. The number of hydrogen-bond acceptors (Lipinski definition) is 3. The van der Waals surface area contributed by atoms with E-state index in [-0.39, 0.29) is 24.0 Å². The van der Waals surface area contributed by atoms with Crippen molar-refractivity contribution in [2.75, 3.05) is 0 Å². The van der Waals surface area contributed by atoms with Gasteiger partial charge in [-0.25, -0.2) is 9.18 Å². The fourth-order valence-corrected chi connectivity index (χ4v) is 3.85. The Balaban J connectivity index is 1.89. The molecule has 0 aliphatic carbocycles. The SMILES string of the molecule is CC(C)n1c(/C=C/[C@H]2CC(O)=CC(=O)O2)c(-c2ccc(F)cc2)c2ccccc21. The molecule has 3 aromatic rings. The molecule has 29 heavy (non-hydrogen) atoms. The Kier molecular flexibility index (Phi) is 4.97. The molecular formula is C24H22FNO3. The second-order valence-corrected chi connectivity index (χ2v) is 7.42. The Bertz CT molecular complexity index is 1120. The fraction of sp³-hybridized carbons (Fsp3) is 0.208. The normalized spacial score (nSPS) is 17.2. The zero-order valence-electron chi connectivity index (χ0n) is 16.3. The second-order valence-electron chi connectivity index (χ2n) is 7.42. The van der Waals surface area contributed by atoms with E-state index in [4.69, 9.17) is 4.74 Å². The maximum absolute atomic E-state index is 13.5. The third-order valence-electron chi connectivity index (χ3n) is 5.03. The number of rotatable bonds is 4. The van der Waals surface area contributed by atoms with E-state index in [1.165, 1.54) is 12.1 Å². The number of esters is 1. The van der Waals surface area contributed by atoms with Crippen molar-refractivity contribution in [3.63, 3.8) is 0 Å². The van der Waals surface area contributed by atoms with Crippen LogP contribution < -0.4 is 0 Å². The molecule has 0 bridgehead atoms. The van der Waals surface area contributed by atoms with Crippen molar-refractivity contribution in [1.82, 2.24) is 4.57 Å². The number of carbonyl (C=O) groups excluding carboxylic acids is 1. The first kappa shape index (κ1) is 19.0. The number of halogens is 1. The number of carbonyl (C=O) groups is 1. The van der Waals surface area contributed by atoms with Crippen LogP contribution in [-0.2, 0) is 9.53 Å². The maximum atomic E-state index is 13.5. The van der Waals surface area contributed by atoms with Crippen LogP contribution in [0.3, 0.4) is 0 Å². The number of aromatic nitrogens is 1. The van der Waals surface area contributed by atoms with Gasteiger partial charge in [-0.05, 0) is 49.8 Å². The first-order chi connectivity index (χ1) is 13.9. The molecule has 0 saturated heterocycles. The van der Waals surface area contributed by atoms with Crippen molar-refractivity contribution in [2.24, 2.45) is 0 Å². The molecule has 1 aliphatic rings. The van der Waals surface area contributed by atoms with E-state index >= 15 is 0 Å². The van der Waals surface area contributed by atoms with E-state index in [0.717, 1.165) is 33.8 Å². The summed E-state index contributed by atoms with van der Waals surface area (Å²) in [4.78, 5) is 11.6. The van der Waals surface area contributed by atoms with Gasteiger partial charge in [0.05, 0.1) is 6.08 Å². The van der Waals surface area contributed by atoms with E-state index in [2.05, 4.69) is 30.5 Å². The van der Waals surface area contributed by atoms with Gasteiger partial charge in [0.2, 0.25) is 0 Å². The molecule has 5 heteroatoms. The van der Waals surface area contributed by atoms with Crippen LogP contribution in [0.4, 0.5) is 4.39 Å². The summed E-state index contributed by atoms with van der Waals surface area (Å²) < 4.78 is 21.0. The number of para-hydroxylation sites is 1. The lowest BCUT2D eigenvalue weighted by Gasteiger charge is -2.18. The minimum absolute atomic E-state index is 0.0130. The highest BCUT2D eigenvalue weighted by atomic mass is 19.1. The topological polar surface area (TPSA) is 51.5 Å². The quantitative estimate of drug-likeness (QED) is 0.572. The van der Waals surface area contributed by atoms with Crippen LogP contribution in [0.2, 0.25) is 0 Å². The molecule has 2 heterocycles. The van der Waals surface area contributed by atoms with E-state index in [1.54, 1.807) is 18.2 Å². The minimum atomic E-state index is -0.549. The summed E-state index contributed by atoms with van der Waals surface area (Å²) in [6.45, 7) is 4.21. The highest BCUT2D eigenvalue weighted by Gasteiger charge is 2.21. The van der Waals surface area contributed by atoms with Crippen LogP contribution in [0, 0.1) is 5.82 Å². The Labute approximate surface area is 168 Å². The molecule has 1 N–H and O–H groups in total. The molecule has 4 rings (SSSR count). The predicted molar refractivity (Wildman–Crippen MR) is 112 cm³/mol. The Morgan fingerprint density at radius 2 is 1.90 bits per heavy atom. The first-order valence-electron chi connectivity index (χ1n) is 9.61. The van der Waals surface area contributed by atoms with Gasteiger partial charge in [-0.1, -0.05) is 30.3 Å². The third kappa shape index (κ3) is 3.68. The van der Waals surface area contributed by atoms with Gasteiger partial charge in [0.25, 0.3) is 0 Å². The summed E-state index contributed by atoms with van der Waals surface area (Å²) in [6, 6.07) is 14.7. The number of cyclic esters (lactones) is 1. The number of nitrogens with zero attached hydrogens (tertiary/aromatic N) is 1. The monoisotopic (exact) mass is 391 g/mol. The molecule has 0 spiro atoms. The van der Waals surface area contributed by atoms with Gasteiger partial charge in [-0.3, -0.25) is 0 Å². The number of aliphatic hydroxyl groups excluding tert-OH is 1. The number of benzene rings is 2. The highest BCUT2D eigenvalue weighted by molar-refractivity contribution is 6.01. The highest BCUT2D eigenvalue weighted by Crippen LogP contribution is 2.38. The van der Waals surface area contributed by atoms with Crippen molar-refractivity contribution in [1.29, 1.82) is 0 Å². The molecule has 148 valence electrons. The van der Waals surface area contributed by atoms with E-state index < -0.39 is 12.1 Å². The molecule has 1 aromatic heterocycles. The summed E-state index contributed by atoms with van der Waals surface area (Å²) >= 11 is 0. The zero-order chi connectivity index (χ0) is 20.5. The summed E-state index contributed by atoms with van der Waals surface area (Å²) in [5.74, 6) is -0.819. The summed E-state index contributed by atoms with van der Waals surface area (Å²) in [7, 11) is 0. The van der Waals surface area contributed by atoms with Crippen molar-refractivity contribution in [2.45, 2.75) is 32.4 Å². The van der Waals surface area contributed by atoms with Crippen molar-refractivity contribution < 1.29 is 19.0 Å². The van der Waals surface area contributed by atoms with Gasteiger partial charge < -0.3 is 14.4 Å². The molecule has 0 saturated carbocycles. The average molecular weight is 391 g/mol. The molecule has 0 fully saturated rings. The van der Waals surface area contributed by atoms with Crippen molar-refractivity contribution >= 4 is 22.9 Å². The van der Waals surface area contributed by atoms with Crippen LogP contribution >= 0.6 is 0 Å². The lowest BCUT2D eigenvalue weighted by Crippen LogP contribution is -2.20. The van der Waals surface area contributed by atoms with Gasteiger partial charge in [0, 0.05) is 34.6 Å². The summed E-state index contributed by atoms with van der Waals surface area (Å²) in [5.41, 5.74) is 3.92. The molecule has 0 radical (unpaired) electrons. The van der Waals surface area contributed by atoms with Crippen LogP contribution in [0.25, 0.3) is 28.1 Å². The lowest BCUT2D eigenvalue weighted by atomic mass is 10.0. The smallest absolute Gasteiger partial charge is 0.334 e. The van der Waals surface area contributed by atoms with Gasteiger partial charge >= 0.3 is 5.97 Å².